The van der Waals surface area contributed by atoms with E-state index in [0.717, 1.165) is 25.7 Å². The number of methoxy groups -OCH3 is 1. The third kappa shape index (κ3) is 3.63. The van der Waals surface area contributed by atoms with Crippen molar-refractivity contribution >= 4 is 27.4 Å². The third-order valence-electron chi connectivity index (χ3n) is 3.33. The molecule has 6 nitrogen and oxygen atoms in total. The lowest BCUT2D eigenvalue weighted by Crippen LogP contribution is -2.31. The fourth-order valence-electron chi connectivity index (χ4n) is 2.36. The highest BCUT2D eigenvalue weighted by atomic mass is 79.9. The standard InChI is InChI=1S/C12H16BrN3O3/c1-19-10-4-2-3-9(6-10)15-12-11(16(17)18)5-8(13)7-14-12/h5,7,9-10H,2-4,6H2,1H3,(H,14,15). The number of halogens is 1. The van der Waals surface area contributed by atoms with Crippen LogP contribution in [0.2, 0.25) is 0 Å². The van der Waals surface area contributed by atoms with E-state index in [0.29, 0.717) is 10.3 Å². The highest BCUT2D eigenvalue weighted by Crippen LogP contribution is 2.29. The molecule has 1 N–H and O–H groups in total. The second-order valence-corrected chi connectivity index (χ2v) is 5.56. The minimum absolute atomic E-state index is 0.00563. The SMILES string of the molecule is COC1CCCC(Nc2ncc(Br)cc2[N+](=O)[O-])C1. The van der Waals surface area contributed by atoms with E-state index in [-0.39, 0.29) is 17.8 Å². The minimum Gasteiger partial charge on any atom is -0.381 e. The van der Waals surface area contributed by atoms with Gasteiger partial charge in [-0.25, -0.2) is 4.98 Å². The highest BCUT2D eigenvalue weighted by Gasteiger charge is 2.24. The summed E-state index contributed by atoms with van der Waals surface area (Å²) in [5, 5.41) is 14.2. The van der Waals surface area contributed by atoms with Gasteiger partial charge in [0.1, 0.15) is 0 Å². The molecule has 7 heteroatoms. The zero-order valence-corrected chi connectivity index (χ0v) is 12.2. The zero-order valence-electron chi connectivity index (χ0n) is 10.6. The second kappa shape index (κ2) is 6.29. The lowest BCUT2D eigenvalue weighted by atomic mass is 9.93. The molecule has 1 fully saturated rings. The van der Waals surface area contributed by atoms with E-state index in [2.05, 4.69) is 26.2 Å². The van der Waals surface area contributed by atoms with Crippen LogP contribution >= 0.6 is 15.9 Å². The van der Waals surface area contributed by atoms with E-state index in [9.17, 15) is 10.1 Å². The van der Waals surface area contributed by atoms with Crippen LogP contribution in [0.25, 0.3) is 0 Å². The predicted octanol–water partition coefficient (Wildman–Crippen LogP) is 3.12. The number of hydrogen-bond donors (Lipinski definition) is 1. The van der Waals surface area contributed by atoms with Crippen LogP contribution in [0.15, 0.2) is 16.7 Å². The number of rotatable bonds is 4. The summed E-state index contributed by atoms with van der Waals surface area (Å²) >= 11 is 3.20. The molecule has 0 amide bonds. The van der Waals surface area contributed by atoms with Gasteiger partial charge < -0.3 is 10.1 Å². The first-order valence-corrected chi connectivity index (χ1v) is 6.98. The van der Waals surface area contributed by atoms with E-state index in [1.807, 2.05) is 0 Å². The monoisotopic (exact) mass is 329 g/mol. The van der Waals surface area contributed by atoms with Gasteiger partial charge in [-0.3, -0.25) is 10.1 Å². The molecule has 1 aliphatic rings. The van der Waals surface area contributed by atoms with E-state index >= 15 is 0 Å². The van der Waals surface area contributed by atoms with Crippen molar-refractivity contribution in [3.63, 3.8) is 0 Å². The maximum Gasteiger partial charge on any atom is 0.312 e. The maximum absolute atomic E-state index is 11.0. The van der Waals surface area contributed by atoms with Gasteiger partial charge in [-0.15, -0.1) is 0 Å². The van der Waals surface area contributed by atoms with Crippen molar-refractivity contribution in [1.29, 1.82) is 0 Å². The first-order valence-electron chi connectivity index (χ1n) is 6.19. The molecule has 2 rings (SSSR count). The summed E-state index contributed by atoms with van der Waals surface area (Å²) in [4.78, 5) is 14.7. The molecule has 2 unspecified atom stereocenters. The molecular formula is C12H16BrN3O3. The van der Waals surface area contributed by atoms with Crippen LogP contribution in [0.4, 0.5) is 11.5 Å². The van der Waals surface area contributed by atoms with Crippen LogP contribution in [0.1, 0.15) is 25.7 Å². The molecule has 1 aromatic heterocycles. The van der Waals surface area contributed by atoms with E-state index < -0.39 is 4.92 Å². The summed E-state index contributed by atoms with van der Waals surface area (Å²) in [5.74, 6) is 0.329. The van der Waals surface area contributed by atoms with Crippen molar-refractivity contribution in [3.8, 4) is 0 Å². The average molecular weight is 330 g/mol. The Bertz CT molecular complexity index is 470. The molecule has 0 aromatic carbocycles. The van der Waals surface area contributed by atoms with E-state index in [4.69, 9.17) is 4.74 Å². The van der Waals surface area contributed by atoms with Crippen molar-refractivity contribution in [3.05, 3.63) is 26.9 Å². The van der Waals surface area contributed by atoms with Crippen molar-refractivity contribution < 1.29 is 9.66 Å². The van der Waals surface area contributed by atoms with Crippen molar-refractivity contribution in [2.24, 2.45) is 0 Å². The van der Waals surface area contributed by atoms with Crippen LogP contribution in [0.3, 0.4) is 0 Å². The van der Waals surface area contributed by atoms with Crippen molar-refractivity contribution in [2.75, 3.05) is 12.4 Å². The van der Waals surface area contributed by atoms with Gasteiger partial charge in [-0.05, 0) is 41.6 Å². The Morgan fingerprint density at radius 2 is 2.37 bits per heavy atom. The summed E-state index contributed by atoms with van der Waals surface area (Å²) in [7, 11) is 1.70. The number of nitrogens with zero attached hydrogens (tertiary/aromatic N) is 2. The number of nitrogens with one attached hydrogen (secondary N) is 1. The first kappa shape index (κ1) is 14.2. The first-order chi connectivity index (χ1) is 9.10. The summed E-state index contributed by atoms with van der Waals surface area (Å²) in [6.07, 6.45) is 5.72. The fourth-order valence-corrected chi connectivity index (χ4v) is 2.68. The van der Waals surface area contributed by atoms with E-state index in [1.165, 1.54) is 6.07 Å². The quantitative estimate of drug-likeness (QED) is 0.678. The Hall–Kier alpha value is -1.21. The van der Waals surface area contributed by atoms with Crippen LogP contribution < -0.4 is 5.32 Å². The Kier molecular flexibility index (Phi) is 4.71. The Balaban J connectivity index is 2.12. The third-order valence-corrected chi connectivity index (χ3v) is 3.76. The van der Waals surface area contributed by atoms with Crippen LogP contribution in [0.5, 0.6) is 0 Å². The lowest BCUT2D eigenvalue weighted by Gasteiger charge is -2.28. The van der Waals surface area contributed by atoms with E-state index in [1.54, 1.807) is 13.3 Å². The lowest BCUT2D eigenvalue weighted by molar-refractivity contribution is -0.384. The largest absolute Gasteiger partial charge is 0.381 e. The Morgan fingerprint density at radius 3 is 3.05 bits per heavy atom. The van der Waals surface area contributed by atoms with Crippen LogP contribution in [0, 0.1) is 10.1 Å². The molecule has 1 heterocycles. The van der Waals surface area contributed by atoms with Crippen molar-refractivity contribution in [2.45, 2.75) is 37.8 Å². The van der Waals surface area contributed by atoms with Gasteiger partial charge in [0.2, 0.25) is 5.82 Å². The van der Waals surface area contributed by atoms with Gasteiger partial charge in [-0.2, -0.15) is 0 Å². The number of aromatic nitrogens is 1. The molecule has 0 radical (unpaired) electrons. The van der Waals surface area contributed by atoms with Gasteiger partial charge in [0.25, 0.3) is 0 Å². The summed E-state index contributed by atoms with van der Waals surface area (Å²) < 4.78 is 5.95. The van der Waals surface area contributed by atoms with Crippen molar-refractivity contribution in [1.82, 2.24) is 4.98 Å². The molecule has 0 aliphatic heterocycles. The molecule has 104 valence electrons. The smallest absolute Gasteiger partial charge is 0.312 e. The number of pyridine rings is 1. The number of nitro groups is 1. The summed E-state index contributed by atoms with van der Waals surface area (Å²) in [5.41, 5.74) is -0.00563. The normalized spacial score (nSPS) is 23.1. The Labute approximate surface area is 119 Å². The molecule has 1 saturated carbocycles. The number of hydrogen-bond acceptors (Lipinski definition) is 5. The Morgan fingerprint density at radius 1 is 1.58 bits per heavy atom. The average Bonchev–Trinajstić information content (AvgIpc) is 2.41. The molecule has 0 saturated heterocycles. The molecule has 0 spiro atoms. The van der Waals surface area contributed by atoms with Gasteiger partial charge in [-0.1, -0.05) is 0 Å². The highest BCUT2D eigenvalue weighted by molar-refractivity contribution is 9.10. The molecule has 19 heavy (non-hydrogen) atoms. The number of ether oxygens (including phenoxy) is 1. The summed E-state index contributed by atoms with van der Waals surface area (Å²) in [6, 6.07) is 1.64. The predicted molar refractivity (Wildman–Crippen MR) is 75.3 cm³/mol. The van der Waals surface area contributed by atoms with Crippen LogP contribution in [-0.2, 0) is 4.74 Å². The van der Waals surface area contributed by atoms with Crippen LogP contribution in [-0.4, -0.2) is 29.2 Å². The molecule has 1 aromatic rings. The fraction of sp³-hybridized carbons (Fsp3) is 0.583. The number of anilines is 1. The van der Waals surface area contributed by atoms with Gasteiger partial charge >= 0.3 is 5.69 Å². The zero-order chi connectivity index (χ0) is 13.8. The van der Waals surface area contributed by atoms with Gasteiger partial charge in [0, 0.05) is 29.9 Å². The topological polar surface area (TPSA) is 77.3 Å². The molecular weight excluding hydrogens is 314 g/mol. The maximum atomic E-state index is 11.0. The molecule has 1 aliphatic carbocycles. The molecule has 0 bridgehead atoms. The minimum atomic E-state index is -0.420. The second-order valence-electron chi connectivity index (χ2n) is 4.64. The molecule has 2 atom stereocenters. The van der Waals surface area contributed by atoms with Gasteiger partial charge in [0.15, 0.2) is 0 Å². The van der Waals surface area contributed by atoms with Gasteiger partial charge in [0.05, 0.1) is 11.0 Å². The summed E-state index contributed by atoms with van der Waals surface area (Å²) in [6.45, 7) is 0.